The molecule has 2 rings (SSSR count). The second-order valence-corrected chi connectivity index (χ2v) is 5.62. The van der Waals surface area contributed by atoms with E-state index in [1.165, 1.54) is 25.5 Å². The number of nitrogens with zero attached hydrogens (tertiary/aromatic N) is 1. The summed E-state index contributed by atoms with van der Waals surface area (Å²) in [5.74, 6) is -0.102. The lowest BCUT2D eigenvalue weighted by molar-refractivity contribution is -0.123. The topological polar surface area (TPSA) is 95.1 Å². The molecule has 1 aliphatic carbocycles. The first-order chi connectivity index (χ1) is 10.7. The van der Waals surface area contributed by atoms with Gasteiger partial charge in [-0.1, -0.05) is 32.1 Å². The highest BCUT2D eigenvalue weighted by Gasteiger charge is 2.26. The van der Waals surface area contributed by atoms with Crippen LogP contribution in [0, 0.1) is 17.2 Å². The van der Waals surface area contributed by atoms with Crippen LogP contribution in [0.5, 0.6) is 0 Å². The average Bonchev–Trinajstić information content (AvgIpc) is 3.07. The SMILES string of the molecule is N#CCNC(=O)[C@H](CC1CCCCC1)NC(=O)c1ccco1. The first-order valence-electron chi connectivity index (χ1n) is 7.69. The van der Waals surface area contributed by atoms with Gasteiger partial charge in [0.1, 0.15) is 12.6 Å². The number of carbonyl (C=O) groups excluding carboxylic acids is 2. The fourth-order valence-electron chi connectivity index (χ4n) is 2.87. The Morgan fingerprint density at radius 2 is 2.14 bits per heavy atom. The monoisotopic (exact) mass is 303 g/mol. The number of amides is 2. The van der Waals surface area contributed by atoms with Crippen LogP contribution in [0.4, 0.5) is 0 Å². The van der Waals surface area contributed by atoms with Crippen LogP contribution in [0.15, 0.2) is 22.8 Å². The average molecular weight is 303 g/mol. The number of carbonyl (C=O) groups is 2. The molecule has 1 aromatic rings. The summed E-state index contributed by atoms with van der Waals surface area (Å²) in [6.45, 7) is -0.0589. The van der Waals surface area contributed by atoms with E-state index in [1.807, 2.05) is 6.07 Å². The van der Waals surface area contributed by atoms with E-state index < -0.39 is 11.9 Å². The lowest BCUT2D eigenvalue weighted by atomic mass is 9.84. The first-order valence-corrected chi connectivity index (χ1v) is 7.69. The van der Waals surface area contributed by atoms with Crippen molar-refractivity contribution in [3.8, 4) is 6.07 Å². The maximum Gasteiger partial charge on any atom is 0.287 e. The lowest BCUT2D eigenvalue weighted by Gasteiger charge is -2.26. The maximum atomic E-state index is 12.2. The quantitative estimate of drug-likeness (QED) is 0.786. The molecular formula is C16H21N3O3. The normalized spacial score (nSPS) is 16.5. The molecule has 1 aliphatic rings. The van der Waals surface area contributed by atoms with Crippen molar-refractivity contribution in [1.29, 1.82) is 5.26 Å². The Kier molecular flexibility index (Phi) is 6.01. The van der Waals surface area contributed by atoms with Gasteiger partial charge in [0, 0.05) is 0 Å². The largest absolute Gasteiger partial charge is 0.459 e. The van der Waals surface area contributed by atoms with E-state index >= 15 is 0 Å². The third-order valence-electron chi connectivity index (χ3n) is 4.00. The molecule has 0 aromatic carbocycles. The van der Waals surface area contributed by atoms with Crippen LogP contribution in [0.3, 0.4) is 0 Å². The zero-order valence-corrected chi connectivity index (χ0v) is 12.5. The van der Waals surface area contributed by atoms with Crippen molar-refractivity contribution >= 4 is 11.8 Å². The van der Waals surface area contributed by atoms with Crippen LogP contribution >= 0.6 is 0 Å². The molecule has 1 aromatic heterocycles. The summed E-state index contributed by atoms with van der Waals surface area (Å²) in [4.78, 5) is 24.3. The Morgan fingerprint density at radius 3 is 2.77 bits per heavy atom. The maximum absolute atomic E-state index is 12.2. The van der Waals surface area contributed by atoms with Crippen LogP contribution in [-0.4, -0.2) is 24.4 Å². The molecule has 2 amide bonds. The number of hydrogen-bond donors (Lipinski definition) is 2. The molecule has 0 spiro atoms. The van der Waals surface area contributed by atoms with Crippen molar-refractivity contribution in [2.75, 3.05) is 6.54 Å². The van der Waals surface area contributed by atoms with Gasteiger partial charge in [0.05, 0.1) is 12.3 Å². The van der Waals surface area contributed by atoms with Crippen molar-refractivity contribution in [3.63, 3.8) is 0 Å². The van der Waals surface area contributed by atoms with Crippen molar-refractivity contribution in [1.82, 2.24) is 10.6 Å². The van der Waals surface area contributed by atoms with Crippen molar-refractivity contribution in [3.05, 3.63) is 24.2 Å². The Hall–Kier alpha value is -2.29. The molecule has 6 heteroatoms. The molecule has 2 N–H and O–H groups in total. The smallest absolute Gasteiger partial charge is 0.287 e. The van der Waals surface area contributed by atoms with Gasteiger partial charge in [-0.2, -0.15) is 5.26 Å². The number of nitrogens with one attached hydrogen (secondary N) is 2. The van der Waals surface area contributed by atoms with Gasteiger partial charge >= 0.3 is 0 Å². The zero-order chi connectivity index (χ0) is 15.8. The summed E-state index contributed by atoms with van der Waals surface area (Å²) in [5, 5.41) is 13.8. The molecule has 22 heavy (non-hydrogen) atoms. The van der Waals surface area contributed by atoms with Gasteiger partial charge in [-0.25, -0.2) is 0 Å². The van der Waals surface area contributed by atoms with Crippen molar-refractivity contribution in [2.45, 2.75) is 44.6 Å². The van der Waals surface area contributed by atoms with E-state index in [0.717, 1.165) is 12.8 Å². The third-order valence-corrected chi connectivity index (χ3v) is 4.00. The number of furan rings is 1. The van der Waals surface area contributed by atoms with Crippen LogP contribution in [0.2, 0.25) is 0 Å². The fourth-order valence-corrected chi connectivity index (χ4v) is 2.87. The third kappa shape index (κ3) is 4.62. The molecule has 1 heterocycles. The molecule has 0 radical (unpaired) electrons. The van der Waals surface area contributed by atoms with E-state index in [9.17, 15) is 9.59 Å². The molecule has 1 fully saturated rings. The summed E-state index contributed by atoms with van der Waals surface area (Å²) in [7, 11) is 0. The highest BCUT2D eigenvalue weighted by atomic mass is 16.3. The molecule has 0 bridgehead atoms. The Bertz CT molecular complexity index is 527. The minimum Gasteiger partial charge on any atom is -0.459 e. The molecule has 0 unspecified atom stereocenters. The van der Waals surface area contributed by atoms with Crippen LogP contribution < -0.4 is 10.6 Å². The molecule has 6 nitrogen and oxygen atoms in total. The van der Waals surface area contributed by atoms with Crippen molar-refractivity contribution < 1.29 is 14.0 Å². The first kappa shape index (κ1) is 16.1. The summed E-state index contributed by atoms with van der Waals surface area (Å²) in [6, 6.07) is 4.43. The molecule has 118 valence electrons. The van der Waals surface area contributed by atoms with Gasteiger partial charge in [-0.05, 0) is 24.5 Å². The van der Waals surface area contributed by atoms with Crippen molar-refractivity contribution in [2.24, 2.45) is 5.92 Å². The standard InChI is InChI=1S/C16H21N3O3/c17-8-9-18-15(20)13(11-12-5-2-1-3-6-12)19-16(21)14-7-4-10-22-14/h4,7,10,12-13H,1-3,5-6,9,11H2,(H,18,20)(H,19,21)/t13-/m0/s1. The van der Waals surface area contributed by atoms with E-state index in [1.54, 1.807) is 12.1 Å². The highest BCUT2D eigenvalue weighted by molar-refractivity contribution is 5.95. The zero-order valence-electron chi connectivity index (χ0n) is 12.5. The predicted molar refractivity (Wildman–Crippen MR) is 79.8 cm³/mol. The molecule has 0 aliphatic heterocycles. The molecular weight excluding hydrogens is 282 g/mol. The van der Waals surface area contributed by atoms with Gasteiger partial charge in [0.15, 0.2) is 5.76 Å². The van der Waals surface area contributed by atoms with E-state index in [4.69, 9.17) is 9.68 Å². The summed E-state index contributed by atoms with van der Waals surface area (Å²) >= 11 is 0. The van der Waals surface area contributed by atoms with Crippen LogP contribution in [0.1, 0.15) is 49.1 Å². The van der Waals surface area contributed by atoms with Gasteiger partial charge in [-0.3, -0.25) is 9.59 Å². The minimum atomic E-state index is -0.631. The van der Waals surface area contributed by atoms with Gasteiger partial charge in [0.25, 0.3) is 5.91 Å². The Labute approximate surface area is 129 Å². The van der Waals surface area contributed by atoms with Gasteiger partial charge in [0.2, 0.25) is 5.91 Å². The predicted octanol–water partition coefficient (Wildman–Crippen LogP) is 1.99. The number of hydrogen-bond acceptors (Lipinski definition) is 4. The Morgan fingerprint density at radius 1 is 1.36 bits per heavy atom. The highest BCUT2D eigenvalue weighted by Crippen LogP contribution is 2.27. The fraction of sp³-hybridized carbons (Fsp3) is 0.562. The Balaban J connectivity index is 1.98. The van der Waals surface area contributed by atoms with E-state index in [2.05, 4.69) is 10.6 Å². The van der Waals surface area contributed by atoms with E-state index in [-0.39, 0.29) is 18.2 Å². The van der Waals surface area contributed by atoms with Crippen LogP contribution in [0.25, 0.3) is 0 Å². The van der Waals surface area contributed by atoms with E-state index in [0.29, 0.717) is 12.3 Å². The molecule has 1 atom stereocenters. The van der Waals surface area contributed by atoms with Gasteiger partial charge < -0.3 is 15.1 Å². The summed E-state index contributed by atoms with van der Waals surface area (Å²) in [6.07, 6.45) is 7.76. The number of nitriles is 1. The van der Waals surface area contributed by atoms with Gasteiger partial charge in [-0.15, -0.1) is 0 Å². The lowest BCUT2D eigenvalue weighted by Crippen LogP contribution is -2.47. The molecule has 0 saturated heterocycles. The summed E-state index contributed by atoms with van der Waals surface area (Å²) < 4.78 is 5.05. The van der Waals surface area contributed by atoms with Crippen LogP contribution in [-0.2, 0) is 4.79 Å². The second-order valence-electron chi connectivity index (χ2n) is 5.62. The molecule has 1 saturated carbocycles. The number of rotatable bonds is 6. The summed E-state index contributed by atoms with van der Waals surface area (Å²) in [5.41, 5.74) is 0. The minimum absolute atomic E-state index is 0.0589. The second kappa shape index (κ2) is 8.23.